The van der Waals surface area contributed by atoms with Crippen molar-refractivity contribution in [1.82, 2.24) is 15.5 Å². The number of hydrogen-bond donors (Lipinski definition) is 3. The summed E-state index contributed by atoms with van der Waals surface area (Å²) in [6.45, 7) is 2.84. The van der Waals surface area contributed by atoms with Gasteiger partial charge in [0.1, 0.15) is 0 Å². The fourth-order valence-corrected chi connectivity index (χ4v) is 3.53. The standard InChI is InChI=1S/C17H25BrClN5O.HI/c1-21-17(22-7-4-12-10-13(19)2-3-15(12)18)23-14-5-8-24(9-6-14)11-16(20)25;/h2-3,10,14H,4-9,11H2,1H3,(H2,20,25)(H2,21,22,23);1H. The van der Waals surface area contributed by atoms with Gasteiger partial charge in [0.15, 0.2) is 5.96 Å². The minimum atomic E-state index is -0.268. The van der Waals surface area contributed by atoms with Crippen molar-refractivity contribution in [3.63, 3.8) is 0 Å². The SMILES string of the molecule is CN=C(NCCc1cc(Cl)ccc1Br)NC1CCN(CC(N)=O)CC1.I. The van der Waals surface area contributed by atoms with Crippen LogP contribution in [0.15, 0.2) is 27.7 Å². The van der Waals surface area contributed by atoms with E-state index >= 15 is 0 Å². The lowest BCUT2D eigenvalue weighted by molar-refractivity contribution is -0.119. The summed E-state index contributed by atoms with van der Waals surface area (Å²) >= 11 is 9.59. The molecule has 1 aliphatic heterocycles. The lowest BCUT2D eigenvalue weighted by atomic mass is 10.1. The Morgan fingerprint density at radius 1 is 1.42 bits per heavy atom. The van der Waals surface area contributed by atoms with Crippen LogP contribution in [-0.2, 0) is 11.2 Å². The summed E-state index contributed by atoms with van der Waals surface area (Å²) in [5.41, 5.74) is 6.41. The molecule has 1 heterocycles. The van der Waals surface area contributed by atoms with Crippen molar-refractivity contribution >= 4 is 63.4 Å². The van der Waals surface area contributed by atoms with Crippen molar-refractivity contribution in [2.45, 2.75) is 25.3 Å². The maximum absolute atomic E-state index is 11.0. The van der Waals surface area contributed by atoms with E-state index in [1.165, 1.54) is 0 Å². The number of carbonyl (C=O) groups excluding carboxylic acids is 1. The highest BCUT2D eigenvalue weighted by molar-refractivity contribution is 14.0. The zero-order valence-electron chi connectivity index (χ0n) is 14.8. The zero-order valence-corrected chi connectivity index (χ0v) is 19.5. The number of carbonyl (C=O) groups is 1. The van der Waals surface area contributed by atoms with E-state index in [0.29, 0.717) is 12.6 Å². The average Bonchev–Trinajstić information content (AvgIpc) is 2.58. The van der Waals surface area contributed by atoms with Crippen LogP contribution >= 0.6 is 51.5 Å². The fraction of sp³-hybridized carbons (Fsp3) is 0.529. The predicted octanol–water partition coefficient (Wildman–Crippen LogP) is 2.38. The summed E-state index contributed by atoms with van der Waals surface area (Å²) in [5, 5.41) is 7.53. The number of guanidine groups is 1. The van der Waals surface area contributed by atoms with E-state index in [-0.39, 0.29) is 29.9 Å². The first kappa shape index (κ1) is 23.5. The van der Waals surface area contributed by atoms with Crippen LogP contribution in [0.25, 0.3) is 0 Å². The molecule has 0 atom stereocenters. The Morgan fingerprint density at radius 2 is 2.12 bits per heavy atom. The number of aliphatic imine (C=N–C) groups is 1. The van der Waals surface area contributed by atoms with Crippen LogP contribution in [-0.4, -0.2) is 56.0 Å². The van der Waals surface area contributed by atoms with Gasteiger partial charge in [0.05, 0.1) is 6.54 Å². The van der Waals surface area contributed by atoms with Crippen LogP contribution in [0.4, 0.5) is 0 Å². The first-order chi connectivity index (χ1) is 12.0. The molecule has 6 nitrogen and oxygen atoms in total. The Bertz CT molecular complexity index is 623. The van der Waals surface area contributed by atoms with Crippen molar-refractivity contribution < 1.29 is 4.79 Å². The Morgan fingerprint density at radius 3 is 2.73 bits per heavy atom. The van der Waals surface area contributed by atoms with Gasteiger partial charge in [-0.05, 0) is 43.0 Å². The van der Waals surface area contributed by atoms with Gasteiger partial charge in [-0.1, -0.05) is 27.5 Å². The molecular formula is C17H26BrClIN5O. The number of rotatable bonds is 6. The number of amides is 1. The van der Waals surface area contributed by atoms with Crippen molar-refractivity contribution in [2.75, 3.05) is 33.2 Å². The molecule has 0 saturated carbocycles. The highest BCUT2D eigenvalue weighted by atomic mass is 127. The van der Waals surface area contributed by atoms with E-state index < -0.39 is 0 Å². The topological polar surface area (TPSA) is 82.8 Å². The van der Waals surface area contributed by atoms with Gasteiger partial charge in [-0.25, -0.2) is 0 Å². The fourth-order valence-electron chi connectivity index (χ4n) is 2.89. The third-order valence-electron chi connectivity index (χ3n) is 4.23. The molecule has 1 aromatic rings. The quantitative estimate of drug-likeness (QED) is 0.285. The third kappa shape index (κ3) is 7.98. The first-order valence-electron chi connectivity index (χ1n) is 8.39. The monoisotopic (exact) mass is 557 g/mol. The maximum Gasteiger partial charge on any atom is 0.231 e. The van der Waals surface area contributed by atoms with E-state index in [9.17, 15) is 4.79 Å². The minimum absolute atomic E-state index is 0. The normalized spacial score (nSPS) is 16.0. The number of hydrogen-bond acceptors (Lipinski definition) is 3. The molecule has 1 aromatic carbocycles. The van der Waals surface area contributed by atoms with Crippen molar-refractivity contribution in [3.05, 3.63) is 33.3 Å². The van der Waals surface area contributed by atoms with E-state index in [2.05, 4.69) is 36.5 Å². The molecule has 0 spiro atoms. The van der Waals surface area contributed by atoms with E-state index in [4.69, 9.17) is 17.3 Å². The molecular weight excluding hydrogens is 532 g/mol. The maximum atomic E-state index is 11.0. The lowest BCUT2D eigenvalue weighted by Crippen LogP contribution is -2.50. The minimum Gasteiger partial charge on any atom is -0.369 e. The van der Waals surface area contributed by atoms with Crippen LogP contribution in [0.5, 0.6) is 0 Å². The Labute approximate surface area is 185 Å². The van der Waals surface area contributed by atoms with Crippen molar-refractivity contribution in [3.8, 4) is 0 Å². The highest BCUT2D eigenvalue weighted by Crippen LogP contribution is 2.21. The summed E-state index contributed by atoms with van der Waals surface area (Å²) in [6.07, 6.45) is 2.78. The molecule has 4 N–H and O–H groups in total. The van der Waals surface area contributed by atoms with Gasteiger partial charge in [0.2, 0.25) is 5.91 Å². The molecule has 0 unspecified atom stereocenters. The lowest BCUT2D eigenvalue weighted by Gasteiger charge is -2.32. The van der Waals surface area contributed by atoms with Crippen LogP contribution < -0.4 is 16.4 Å². The molecule has 0 aliphatic carbocycles. The summed E-state index contributed by atoms with van der Waals surface area (Å²) < 4.78 is 1.06. The van der Waals surface area contributed by atoms with Crippen molar-refractivity contribution in [1.29, 1.82) is 0 Å². The third-order valence-corrected chi connectivity index (χ3v) is 5.23. The number of piperidine rings is 1. The van der Waals surface area contributed by atoms with E-state index in [0.717, 1.165) is 59.9 Å². The van der Waals surface area contributed by atoms with Gasteiger partial charge >= 0.3 is 0 Å². The molecule has 9 heteroatoms. The highest BCUT2D eigenvalue weighted by Gasteiger charge is 2.20. The molecule has 1 saturated heterocycles. The summed E-state index contributed by atoms with van der Waals surface area (Å²) in [7, 11) is 1.77. The van der Waals surface area contributed by atoms with Crippen LogP contribution in [0.2, 0.25) is 5.02 Å². The van der Waals surface area contributed by atoms with Gasteiger partial charge in [-0.3, -0.25) is 14.7 Å². The Hall–Kier alpha value is -0.580. The molecule has 1 amide bonds. The number of nitrogens with zero attached hydrogens (tertiary/aromatic N) is 2. The molecule has 0 aromatic heterocycles. The Balaban J connectivity index is 0.00000338. The molecule has 1 fully saturated rings. The number of benzene rings is 1. The second-order valence-electron chi connectivity index (χ2n) is 6.15. The molecule has 0 radical (unpaired) electrons. The number of likely N-dealkylation sites (tertiary alicyclic amines) is 1. The first-order valence-corrected chi connectivity index (χ1v) is 9.57. The van der Waals surface area contributed by atoms with E-state index in [1.54, 1.807) is 7.05 Å². The molecule has 0 bridgehead atoms. The van der Waals surface area contributed by atoms with Gasteiger partial charge in [0, 0.05) is 42.2 Å². The number of primary amides is 1. The average molecular weight is 559 g/mol. The molecule has 1 aliphatic rings. The van der Waals surface area contributed by atoms with Crippen LogP contribution in [0.1, 0.15) is 18.4 Å². The smallest absolute Gasteiger partial charge is 0.231 e. The number of nitrogens with one attached hydrogen (secondary N) is 2. The van der Waals surface area contributed by atoms with Gasteiger partial charge < -0.3 is 16.4 Å². The zero-order chi connectivity index (χ0) is 18.2. The summed E-state index contributed by atoms with van der Waals surface area (Å²) in [6, 6.07) is 6.16. The van der Waals surface area contributed by atoms with Crippen molar-refractivity contribution in [2.24, 2.45) is 10.7 Å². The Kier molecular flexibility index (Phi) is 10.8. The summed E-state index contributed by atoms with van der Waals surface area (Å²) in [5.74, 6) is 0.530. The van der Waals surface area contributed by atoms with Crippen LogP contribution in [0, 0.1) is 0 Å². The predicted molar refractivity (Wildman–Crippen MR) is 121 cm³/mol. The van der Waals surface area contributed by atoms with Gasteiger partial charge in [-0.2, -0.15) is 0 Å². The largest absolute Gasteiger partial charge is 0.369 e. The van der Waals surface area contributed by atoms with E-state index in [1.807, 2.05) is 18.2 Å². The number of halogens is 3. The number of nitrogens with two attached hydrogens (primary N) is 1. The second kappa shape index (κ2) is 12.0. The second-order valence-corrected chi connectivity index (χ2v) is 7.44. The van der Waals surface area contributed by atoms with Gasteiger partial charge in [0.25, 0.3) is 0 Å². The van der Waals surface area contributed by atoms with Gasteiger partial charge in [-0.15, -0.1) is 24.0 Å². The molecule has 26 heavy (non-hydrogen) atoms. The molecule has 2 rings (SSSR count). The van der Waals surface area contributed by atoms with Crippen LogP contribution in [0.3, 0.4) is 0 Å². The summed E-state index contributed by atoms with van der Waals surface area (Å²) in [4.78, 5) is 17.4. The molecule has 146 valence electrons.